The fraction of sp³-hybridized carbons (Fsp3) is 0.556. The number of amides is 1. The van der Waals surface area contributed by atoms with Crippen LogP contribution in [0.1, 0.15) is 18.9 Å². The maximum absolute atomic E-state index is 12.9. The molecule has 1 aromatic rings. The Labute approximate surface area is 172 Å². The Morgan fingerprint density at radius 1 is 1.19 bits per heavy atom. The quantitative estimate of drug-likeness (QED) is 0.233. The predicted molar refractivity (Wildman–Crippen MR) is 114 cm³/mol. The summed E-state index contributed by atoms with van der Waals surface area (Å²) in [6, 6.07) is 6.43. The third-order valence-corrected chi connectivity index (χ3v) is 3.45. The molecule has 0 radical (unpaired) electrons. The van der Waals surface area contributed by atoms with Gasteiger partial charge in [0.2, 0.25) is 5.91 Å². The van der Waals surface area contributed by atoms with Gasteiger partial charge in [0, 0.05) is 40.4 Å². The summed E-state index contributed by atoms with van der Waals surface area (Å²) in [6.07, 6.45) is 1.59. The normalized spacial score (nSPS) is 10.8. The van der Waals surface area contributed by atoms with Gasteiger partial charge in [-0.3, -0.25) is 4.79 Å². The first-order valence-corrected chi connectivity index (χ1v) is 8.57. The van der Waals surface area contributed by atoms with E-state index in [1.807, 2.05) is 6.92 Å². The Hall–Kier alpha value is -1.42. The van der Waals surface area contributed by atoms with Crippen LogP contribution in [-0.2, 0) is 16.0 Å². The Kier molecular flexibility index (Phi) is 13.9. The van der Waals surface area contributed by atoms with Gasteiger partial charge >= 0.3 is 0 Å². The molecule has 1 aromatic carbocycles. The molecule has 0 aliphatic carbocycles. The molecule has 0 saturated heterocycles. The second-order valence-corrected chi connectivity index (χ2v) is 5.73. The molecule has 0 unspecified atom stereocenters. The van der Waals surface area contributed by atoms with Crippen LogP contribution in [0.4, 0.5) is 4.39 Å². The van der Waals surface area contributed by atoms with E-state index in [0.29, 0.717) is 32.3 Å². The van der Waals surface area contributed by atoms with Gasteiger partial charge in [0.15, 0.2) is 5.96 Å². The van der Waals surface area contributed by atoms with Gasteiger partial charge in [-0.1, -0.05) is 12.1 Å². The molecule has 0 saturated carbocycles. The van der Waals surface area contributed by atoms with Crippen LogP contribution in [-0.4, -0.2) is 63.7 Å². The van der Waals surface area contributed by atoms with Crippen molar-refractivity contribution in [2.45, 2.75) is 19.8 Å². The van der Waals surface area contributed by atoms with Gasteiger partial charge < -0.3 is 20.3 Å². The number of halogens is 2. The molecule has 2 N–H and O–H groups in total. The first kappa shape index (κ1) is 24.6. The van der Waals surface area contributed by atoms with E-state index in [-0.39, 0.29) is 42.2 Å². The summed E-state index contributed by atoms with van der Waals surface area (Å²) in [5.41, 5.74) is 1.04. The number of guanidine groups is 1. The Morgan fingerprint density at radius 2 is 1.85 bits per heavy atom. The van der Waals surface area contributed by atoms with E-state index < -0.39 is 0 Å². The molecule has 1 amide bonds. The number of hydrogen-bond acceptors (Lipinski definition) is 3. The van der Waals surface area contributed by atoms with Crippen molar-refractivity contribution in [2.75, 3.05) is 46.9 Å². The molecule has 0 fully saturated rings. The van der Waals surface area contributed by atoms with Crippen LogP contribution in [0.3, 0.4) is 0 Å². The lowest BCUT2D eigenvalue weighted by Crippen LogP contribution is -2.40. The highest BCUT2D eigenvalue weighted by Gasteiger charge is 2.04. The number of nitrogens with zero attached hydrogens (tertiary/aromatic N) is 2. The molecule has 0 heterocycles. The van der Waals surface area contributed by atoms with E-state index in [9.17, 15) is 9.18 Å². The smallest absolute Gasteiger partial charge is 0.243 e. The van der Waals surface area contributed by atoms with Gasteiger partial charge in [-0.05, 0) is 37.5 Å². The summed E-state index contributed by atoms with van der Waals surface area (Å²) in [5.74, 6) is 0.292. The maximum atomic E-state index is 12.9. The minimum Gasteiger partial charge on any atom is -0.382 e. The number of likely N-dealkylation sites (N-methyl/N-ethyl adjacent to an activating group) is 1. The zero-order valence-electron chi connectivity index (χ0n) is 15.8. The Morgan fingerprint density at radius 3 is 2.46 bits per heavy atom. The molecular weight excluding hydrogens is 450 g/mol. The van der Waals surface area contributed by atoms with Crippen LogP contribution in [0.15, 0.2) is 29.3 Å². The fourth-order valence-corrected chi connectivity index (χ4v) is 1.96. The van der Waals surface area contributed by atoms with Crippen LogP contribution in [0.25, 0.3) is 0 Å². The third-order valence-electron chi connectivity index (χ3n) is 3.45. The van der Waals surface area contributed by atoms with Crippen molar-refractivity contribution in [2.24, 2.45) is 4.99 Å². The minimum absolute atomic E-state index is 0. The summed E-state index contributed by atoms with van der Waals surface area (Å²) in [4.78, 5) is 17.5. The van der Waals surface area contributed by atoms with Crippen molar-refractivity contribution >= 4 is 35.8 Å². The van der Waals surface area contributed by atoms with Crippen LogP contribution >= 0.6 is 24.0 Å². The number of hydrogen-bond donors (Lipinski definition) is 2. The number of carbonyl (C=O) groups excluding carboxylic acids is 1. The molecule has 0 aliphatic heterocycles. The van der Waals surface area contributed by atoms with Crippen molar-refractivity contribution in [1.29, 1.82) is 0 Å². The van der Waals surface area contributed by atoms with Crippen LogP contribution < -0.4 is 10.6 Å². The lowest BCUT2D eigenvalue weighted by Gasteiger charge is -2.14. The fourth-order valence-electron chi connectivity index (χ4n) is 1.96. The van der Waals surface area contributed by atoms with Crippen LogP contribution in [0.5, 0.6) is 0 Å². The van der Waals surface area contributed by atoms with Gasteiger partial charge in [0.25, 0.3) is 0 Å². The highest BCUT2D eigenvalue weighted by Crippen LogP contribution is 2.02. The van der Waals surface area contributed by atoms with Crippen molar-refractivity contribution in [3.05, 3.63) is 35.6 Å². The SMILES string of the molecule is CCOCCCNC(=NCC(=O)N(C)C)NCCc1ccc(F)cc1.I. The van der Waals surface area contributed by atoms with E-state index in [1.165, 1.54) is 17.0 Å². The minimum atomic E-state index is -0.239. The first-order valence-electron chi connectivity index (χ1n) is 8.57. The van der Waals surface area contributed by atoms with Crippen molar-refractivity contribution in [3.63, 3.8) is 0 Å². The van der Waals surface area contributed by atoms with Gasteiger partial charge in [0.05, 0.1) is 0 Å². The molecule has 0 bridgehead atoms. The topological polar surface area (TPSA) is 66.0 Å². The monoisotopic (exact) mass is 480 g/mol. The molecular formula is C18H30FIN4O2. The number of benzene rings is 1. The Bertz CT molecular complexity index is 538. The number of carbonyl (C=O) groups is 1. The zero-order valence-corrected chi connectivity index (χ0v) is 18.1. The maximum Gasteiger partial charge on any atom is 0.243 e. The van der Waals surface area contributed by atoms with Gasteiger partial charge in [-0.2, -0.15) is 0 Å². The molecule has 8 heteroatoms. The van der Waals surface area contributed by atoms with Crippen molar-refractivity contribution in [1.82, 2.24) is 15.5 Å². The third kappa shape index (κ3) is 11.2. The lowest BCUT2D eigenvalue weighted by atomic mass is 10.1. The number of nitrogens with one attached hydrogen (secondary N) is 2. The van der Waals surface area contributed by atoms with Gasteiger partial charge in [0.1, 0.15) is 12.4 Å². The summed E-state index contributed by atoms with van der Waals surface area (Å²) in [5, 5.41) is 6.40. The van der Waals surface area contributed by atoms with E-state index in [0.717, 1.165) is 18.4 Å². The highest BCUT2D eigenvalue weighted by molar-refractivity contribution is 14.0. The van der Waals surface area contributed by atoms with Gasteiger partial charge in [-0.25, -0.2) is 9.38 Å². The number of aliphatic imine (C=N–C) groups is 1. The first-order chi connectivity index (χ1) is 12.0. The molecule has 0 atom stereocenters. The summed E-state index contributed by atoms with van der Waals surface area (Å²) < 4.78 is 18.2. The molecule has 0 aromatic heterocycles. The summed E-state index contributed by atoms with van der Waals surface area (Å²) >= 11 is 0. The molecule has 0 aliphatic rings. The summed E-state index contributed by atoms with van der Waals surface area (Å²) in [7, 11) is 3.41. The summed E-state index contributed by atoms with van der Waals surface area (Å²) in [6.45, 7) is 4.78. The number of ether oxygens (including phenoxy) is 1. The van der Waals surface area contributed by atoms with Crippen LogP contribution in [0, 0.1) is 5.82 Å². The predicted octanol–water partition coefficient (Wildman–Crippen LogP) is 2.04. The molecule has 1 rings (SSSR count). The number of rotatable bonds is 10. The average Bonchev–Trinajstić information content (AvgIpc) is 2.60. The molecule has 0 spiro atoms. The van der Waals surface area contributed by atoms with Crippen molar-refractivity contribution in [3.8, 4) is 0 Å². The second kappa shape index (κ2) is 14.7. The highest BCUT2D eigenvalue weighted by atomic mass is 127. The zero-order chi connectivity index (χ0) is 18.5. The molecule has 148 valence electrons. The molecule has 6 nitrogen and oxygen atoms in total. The van der Waals surface area contributed by atoms with E-state index >= 15 is 0 Å². The van der Waals surface area contributed by atoms with E-state index in [2.05, 4.69) is 15.6 Å². The van der Waals surface area contributed by atoms with Crippen molar-refractivity contribution < 1.29 is 13.9 Å². The largest absolute Gasteiger partial charge is 0.382 e. The van der Waals surface area contributed by atoms with E-state index in [1.54, 1.807) is 26.2 Å². The standard InChI is InChI=1S/C18H29FN4O2.HI/c1-4-25-13-5-11-20-18(22-14-17(24)23(2)3)21-12-10-15-6-8-16(19)9-7-15;/h6-9H,4-5,10-14H2,1-3H3,(H2,20,21,22);1H. The second-order valence-electron chi connectivity index (χ2n) is 5.73. The van der Waals surface area contributed by atoms with Crippen LogP contribution in [0.2, 0.25) is 0 Å². The Balaban J connectivity index is 0.00000625. The molecule has 26 heavy (non-hydrogen) atoms. The van der Waals surface area contributed by atoms with E-state index in [4.69, 9.17) is 4.74 Å². The lowest BCUT2D eigenvalue weighted by molar-refractivity contribution is -0.127. The van der Waals surface area contributed by atoms with Gasteiger partial charge in [-0.15, -0.1) is 24.0 Å². The average molecular weight is 480 g/mol.